The molecule has 0 spiro atoms. The van der Waals surface area contributed by atoms with E-state index in [9.17, 15) is 4.79 Å². The van der Waals surface area contributed by atoms with Gasteiger partial charge in [0.2, 0.25) is 0 Å². The maximum atomic E-state index is 10.8. The molecule has 0 radical (unpaired) electrons. The van der Waals surface area contributed by atoms with Crippen molar-refractivity contribution in [2.24, 2.45) is 0 Å². The highest BCUT2D eigenvalue weighted by Crippen LogP contribution is 2.43. The predicted octanol–water partition coefficient (Wildman–Crippen LogP) is 2.14. The molecule has 1 fully saturated rings. The molecule has 2 rings (SSSR count). The van der Waals surface area contributed by atoms with Gasteiger partial charge < -0.3 is 5.11 Å². The van der Waals surface area contributed by atoms with Gasteiger partial charge in [0.15, 0.2) is 0 Å². The number of carboxylic acid groups (broad SMARTS) is 1. The molecule has 1 saturated carbocycles. The zero-order valence-electron chi connectivity index (χ0n) is 10.0. The number of hydrogen-bond donors (Lipinski definition) is 1. The van der Waals surface area contributed by atoms with Crippen LogP contribution in [0.5, 0.6) is 0 Å². The van der Waals surface area contributed by atoms with Gasteiger partial charge in [0.1, 0.15) is 0 Å². The summed E-state index contributed by atoms with van der Waals surface area (Å²) in [7, 11) is 0. The van der Waals surface area contributed by atoms with Crippen LogP contribution in [0.1, 0.15) is 50.8 Å². The van der Waals surface area contributed by atoms with Gasteiger partial charge in [0, 0.05) is 17.2 Å². The molecular weight excluding hydrogens is 204 g/mol. The predicted molar refractivity (Wildman–Crippen MR) is 60.5 cm³/mol. The number of rotatable bonds is 3. The number of carboxylic acids is 1. The van der Waals surface area contributed by atoms with E-state index in [1.54, 1.807) is 6.20 Å². The van der Waals surface area contributed by atoms with Crippen molar-refractivity contribution < 1.29 is 9.90 Å². The fraction of sp³-hybridized carbons (Fsp3) is 0.667. The first kappa shape index (κ1) is 11.2. The highest BCUT2D eigenvalue weighted by molar-refractivity contribution is 5.70. The molecule has 16 heavy (non-hydrogen) atoms. The van der Waals surface area contributed by atoms with Crippen LogP contribution < -0.4 is 0 Å². The normalized spacial score (nSPS) is 16.4. The molecule has 0 aliphatic heterocycles. The Morgan fingerprint density at radius 1 is 1.56 bits per heavy atom. The molecule has 0 aromatic carbocycles. The third-order valence-electron chi connectivity index (χ3n) is 2.83. The van der Waals surface area contributed by atoms with Crippen LogP contribution in [0.4, 0.5) is 0 Å². The van der Waals surface area contributed by atoms with Gasteiger partial charge in [-0.05, 0) is 33.6 Å². The van der Waals surface area contributed by atoms with Gasteiger partial charge in [0.25, 0.3) is 0 Å². The average molecular weight is 222 g/mol. The van der Waals surface area contributed by atoms with Crippen LogP contribution in [-0.4, -0.2) is 20.9 Å². The lowest BCUT2D eigenvalue weighted by molar-refractivity contribution is -0.136. The Balaban J connectivity index is 2.39. The maximum Gasteiger partial charge on any atom is 0.307 e. The highest BCUT2D eigenvalue weighted by atomic mass is 16.4. The van der Waals surface area contributed by atoms with E-state index in [2.05, 4.69) is 25.9 Å². The summed E-state index contributed by atoms with van der Waals surface area (Å²) in [5, 5.41) is 13.2. The van der Waals surface area contributed by atoms with Crippen LogP contribution in [-0.2, 0) is 16.8 Å². The van der Waals surface area contributed by atoms with Crippen LogP contribution in [0.25, 0.3) is 0 Å². The van der Waals surface area contributed by atoms with E-state index in [-0.39, 0.29) is 12.0 Å². The lowest BCUT2D eigenvalue weighted by Crippen LogP contribution is -2.25. The molecule has 88 valence electrons. The molecule has 0 saturated heterocycles. The van der Waals surface area contributed by atoms with Crippen LogP contribution in [0, 0.1) is 0 Å². The third kappa shape index (κ3) is 2.10. The van der Waals surface area contributed by atoms with Gasteiger partial charge in [0.05, 0.1) is 18.2 Å². The quantitative estimate of drug-likeness (QED) is 0.852. The van der Waals surface area contributed by atoms with E-state index < -0.39 is 5.97 Å². The summed E-state index contributed by atoms with van der Waals surface area (Å²) in [6.07, 6.45) is 4.12. The van der Waals surface area contributed by atoms with Crippen molar-refractivity contribution >= 4 is 5.97 Å². The van der Waals surface area contributed by atoms with Crippen molar-refractivity contribution in [1.29, 1.82) is 0 Å². The molecule has 1 aliphatic rings. The first-order valence-electron chi connectivity index (χ1n) is 5.68. The minimum absolute atomic E-state index is 0.0747. The van der Waals surface area contributed by atoms with Crippen molar-refractivity contribution in [2.45, 2.75) is 51.5 Å². The lowest BCUT2D eigenvalue weighted by Gasteiger charge is -2.23. The molecule has 0 bridgehead atoms. The molecule has 0 atom stereocenters. The average Bonchev–Trinajstić information content (AvgIpc) is 2.86. The maximum absolute atomic E-state index is 10.8. The zero-order chi connectivity index (χ0) is 11.9. The van der Waals surface area contributed by atoms with Crippen molar-refractivity contribution in [3.63, 3.8) is 0 Å². The minimum atomic E-state index is -0.782. The Morgan fingerprint density at radius 3 is 2.62 bits per heavy atom. The molecule has 4 heteroatoms. The summed E-state index contributed by atoms with van der Waals surface area (Å²) in [6, 6.07) is 0. The number of hydrogen-bond acceptors (Lipinski definition) is 2. The molecule has 1 N–H and O–H groups in total. The Hall–Kier alpha value is -1.32. The smallest absolute Gasteiger partial charge is 0.307 e. The van der Waals surface area contributed by atoms with Gasteiger partial charge in [-0.2, -0.15) is 5.10 Å². The number of aliphatic carboxylic acids is 1. The molecular formula is C12H18N2O2. The first-order valence-corrected chi connectivity index (χ1v) is 5.68. The zero-order valence-corrected chi connectivity index (χ0v) is 10.0. The third-order valence-corrected chi connectivity index (χ3v) is 2.83. The summed E-state index contributed by atoms with van der Waals surface area (Å²) in [4.78, 5) is 10.8. The molecule has 0 amide bonds. The fourth-order valence-electron chi connectivity index (χ4n) is 2.02. The second kappa shape index (κ2) is 3.61. The molecule has 1 aromatic rings. The minimum Gasteiger partial charge on any atom is -0.481 e. The van der Waals surface area contributed by atoms with Crippen molar-refractivity contribution in [3.05, 3.63) is 17.5 Å². The first-order chi connectivity index (χ1) is 7.39. The Bertz CT molecular complexity index is 411. The summed E-state index contributed by atoms with van der Waals surface area (Å²) in [5.74, 6) is -0.258. The fourth-order valence-corrected chi connectivity index (χ4v) is 2.02. The summed E-state index contributed by atoms with van der Waals surface area (Å²) < 4.78 is 1.99. The second-order valence-corrected chi connectivity index (χ2v) is 5.48. The van der Waals surface area contributed by atoms with E-state index >= 15 is 0 Å². The van der Waals surface area contributed by atoms with Gasteiger partial charge in [-0.25, -0.2) is 0 Å². The Kier molecular flexibility index (Phi) is 2.52. The SMILES string of the molecule is CC(C)(C)n1ncc(CC(=O)O)c1C1CC1. The number of nitrogens with zero attached hydrogens (tertiary/aromatic N) is 2. The van der Waals surface area contributed by atoms with Gasteiger partial charge in [-0.3, -0.25) is 9.48 Å². The van der Waals surface area contributed by atoms with Gasteiger partial charge >= 0.3 is 5.97 Å². The van der Waals surface area contributed by atoms with Gasteiger partial charge in [-0.15, -0.1) is 0 Å². The van der Waals surface area contributed by atoms with Crippen LogP contribution >= 0.6 is 0 Å². The van der Waals surface area contributed by atoms with Gasteiger partial charge in [-0.1, -0.05) is 0 Å². The molecule has 1 aromatic heterocycles. The number of aromatic nitrogens is 2. The van der Waals surface area contributed by atoms with E-state index in [1.807, 2.05) is 4.68 Å². The largest absolute Gasteiger partial charge is 0.481 e. The molecule has 0 unspecified atom stereocenters. The van der Waals surface area contributed by atoms with E-state index in [0.29, 0.717) is 5.92 Å². The standard InChI is InChI=1S/C12H18N2O2/c1-12(2,3)14-11(8-4-5-8)9(7-13-14)6-10(15)16/h7-8H,4-6H2,1-3H3,(H,15,16). The van der Waals surface area contributed by atoms with E-state index in [0.717, 1.165) is 24.1 Å². The Labute approximate surface area is 95.3 Å². The molecule has 4 nitrogen and oxygen atoms in total. The van der Waals surface area contributed by atoms with Crippen LogP contribution in [0.3, 0.4) is 0 Å². The topological polar surface area (TPSA) is 55.1 Å². The molecule has 1 heterocycles. The lowest BCUT2D eigenvalue weighted by atomic mass is 10.1. The van der Waals surface area contributed by atoms with Crippen molar-refractivity contribution in [3.8, 4) is 0 Å². The van der Waals surface area contributed by atoms with Crippen molar-refractivity contribution in [2.75, 3.05) is 0 Å². The monoisotopic (exact) mass is 222 g/mol. The summed E-state index contributed by atoms with van der Waals surface area (Å²) >= 11 is 0. The summed E-state index contributed by atoms with van der Waals surface area (Å²) in [6.45, 7) is 6.28. The van der Waals surface area contributed by atoms with Crippen LogP contribution in [0.2, 0.25) is 0 Å². The Morgan fingerprint density at radius 2 is 2.19 bits per heavy atom. The van der Waals surface area contributed by atoms with Crippen molar-refractivity contribution in [1.82, 2.24) is 9.78 Å². The van der Waals surface area contributed by atoms with E-state index in [1.165, 1.54) is 0 Å². The van der Waals surface area contributed by atoms with Crippen LogP contribution in [0.15, 0.2) is 6.20 Å². The highest BCUT2D eigenvalue weighted by Gasteiger charge is 2.33. The van der Waals surface area contributed by atoms with E-state index in [4.69, 9.17) is 5.11 Å². The molecule has 1 aliphatic carbocycles. The summed E-state index contributed by atoms with van der Waals surface area (Å²) in [5.41, 5.74) is 1.94. The number of carbonyl (C=O) groups is 1. The second-order valence-electron chi connectivity index (χ2n) is 5.48.